The van der Waals surface area contributed by atoms with Gasteiger partial charge >= 0.3 is 0 Å². The summed E-state index contributed by atoms with van der Waals surface area (Å²) < 4.78 is 5.50. The molecule has 5 rings (SSSR count). The number of nitrogens with zero attached hydrogens (tertiary/aromatic N) is 4. The summed E-state index contributed by atoms with van der Waals surface area (Å²) in [5, 5.41) is 4.06. The zero-order valence-electron chi connectivity index (χ0n) is 18.0. The predicted molar refractivity (Wildman–Crippen MR) is 133 cm³/mol. The van der Waals surface area contributed by atoms with Crippen molar-refractivity contribution in [2.75, 3.05) is 38.3 Å². The van der Waals surface area contributed by atoms with Crippen LogP contribution in [0.15, 0.2) is 60.0 Å². The third-order valence-corrected chi connectivity index (χ3v) is 6.98. The second-order valence-electron chi connectivity index (χ2n) is 7.99. The molecule has 0 radical (unpaired) electrons. The lowest BCUT2D eigenvalue weighted by Gasteiger charge is -2.26. The Kier molecular flexibility index (Phi) is 6.37. The smallest absolute Gasteiger partial charge is 0.146 e. The first-order valence-electron chi connectivity index (χ1n) is 10.8. The fourth-order valence-corrected chi connectivity index (χ4v) is 5.22. The van der Waals surface area contributed by atoms with E-state index >= 15 is 0 Å². The maximum absolute atomic E-state index is 6.46. The average molecular weight is 465 g/mol. The van der Waals surface area contributed by atoms with Gasteiger partial charge < -0.3 is 9.64 Å². The topological polar surface area (TPSA) is 41.5 Å². The lowest BCUT2D eigenvalue weighted by molar-refractivity contribution is 0.0331. The second-order valence-corrected chi connectivity index (χ2v) is 9.26. The maximum atomic E-state index is 6.46. The Balaban J connectivity index is 1.57. The fourth-order valence-electron chi connectivity index (χ4n) is 4.06. The van der Waals surface area contributed by atoms with Crippen LogP contribution in [0, 0.1) is 0 Å². The first-order valence-corrected chi connectivity index (χ1v) is 12.0. The number of fused-ring (bicyclic) bond motifs is 1. The summed E-state index contributed by atoms with van der Waals surface area (Å²) in [5.41, 5.74) is 3.43. The Labute approximate surface area is 197 Å². The van der Waals surface area contributed by atoms with Crippen LogP contribution in [0.1, 0.15) is 11.4 Å². The maximum Gasteiger partial charge on any atom is 0.146 e. The van der Waals surface area contributed by atoms with Crippen molar-refractivity contribution in [3.63, 3.8) is 0 Å². The Bertz CT molecular complexity index is 1210. The van der Waals surface area contributed by atoms with E-state index in [9.17, 15) is 0 Å². The number of thiophene rings is 1. The van der Waals surface area contributed by atoms with Gasteiger partial charge in [0.1, 0.15) is 16.5 Å². The minimum absolute atomic E-state index is 0.673. The molecule has 32 heavy (non-hydrogen) atoms. The number of rotatable bonds is 6. The van der Waals surface area contributed by atoms with Gasteiger partial charge in [0.05, 0.1) is 25.1 Å². The monoisotopic (exact) mass is 464 g/mol. The van der Waals surface area contributed by atoms with Crippen LogP contribution >= 0.6 is 22.9 Å². The zero-order valence-corrected chi connectivity index (χ0v) is 19.6. The molecule has 0 aliphatic carbocycles. The van der Waals surface area contributed by atoms with Crippen LogP contribution in [0.4, 0.5) is 5.82 Å². The van der Waals surface area contributed by atoms with Crippen LogP contribution in [0.2, 0.25) is 5.02 Å². The molecule has 1 aliphatic rings. The van der Waals surface area contributed by atoms with Gasteiger partial charge in [-0.3, -0.25) is 4.90 Å². The molecule has 4 aromatic rings. The number of anilines is 1. The Morgan fingerprint density at radius 1 is 1.03 bits per heavy atom. The first kappa shape index (κ1) is 21.3. The van der Waals surface area contributed by atoms with Gasteiger partial charge in [-0.15, -0.1) is 11.3 Å². The van der Waals surface area contributed by atoms with Crippen LogP contribution < -0.4 is 4.90 Å². The minimum atomic E-state index is 0.673. The number of hydrogen-bond acceptors (Lipinski definition) is 6. The number of aromatic nitrogens is 2. The van der Waals surface area contributed by atoms with E-state index in [-0.39, 0.29) is 0 Å². The van der Waals surface area contributed by atoms with E-state index in [1.165, 1.54) is 11.1 Å². The molecule has 1 saturated heterocycles. The molecular weight excluding hydrogens is 440 g/mol. The highest BCUT2D eigenvalue weighted by molar-refractivity contribution is 7.17. The highest BCUT2D eigenvalue weighted by Gasteiger charge is 2.20. The molecule has 0 unspecified atom stereocenters. The molecule has 0 spiro atoms. The summed E-state index contributed by atoms with van der Waals surface area (Å²) in [4.78, 5) is 15.6. The van der Waals surface area contributed by atoms with Crippen LogP contribution in [-0.4, -0.2) is 48.2 Å². The van der Waals surface area contributed by atoms with Gasteiger partial charge in [0, 0.05) is 42.6 Å². The van der Waals surface area contributed by atoms with E-state index in [4.69, 9.17) is 26.3 Å². The molecule has 2 aromatic carbocycles. The first-order chi connectivity index (χ1) is 15.7. The standard InChI is InChI=1S/C25H25ClN4OS/c1-29(15-19-9-5-6-10-21(19)26)24-23-20(18-7-3-2-4-8-18)17-32-25(23)28-22(27-24)16-30-11-13-31-14-12-30/h2-10,17H,11-16H2,1H3. The molecule has 2 aromatic heterocycles. The number of hydrogen-bond donors (Lipinski definition) is 0. The highest BCUT2D eigenvalue weighted by atomic mass is 35.5. The Hall–Kier alpha value is -2.51. The summed E-state index contributed by atoms with van der Waals surface area (Å²) in [7, 11) is 2.08. The normalized spacial score (nSPS) is 14.7. The van der Waals surface area contributed by atoms with Crippen LogP contribution in [0.5, 0.6) is 0 Å². The summed E-state index contributed by atoms with van der Waals surface area (Å²) in [6.07, 6.45) is 0. The summed E-state index contributed by atoms with van der Waals surface area (Å²) in [5.74, 6) is 1.79. The van der Waals surface area contributed by atoms with Gasteiger partial charge in [0.2, 0.25) is 0 Å². The number of ether oxygens (including phenoxy) is 1. The van der Waals surface area contributed by atoms with Crippen molar-refractivity contribution in [3.05, 3.63) is 76.4 Å². The van der Waals surface area contributed by atoms with Crippen molar-refractivity contribution in [2.24, 2.45) is 0 Å². The van der Waals surface area contributed by atoms with E-state index < -0.39 is 0 Å². The molecule has 0 bridgehead atoms. The molecule has 0 atom stereocenters. The summed E-state index contributed by atoms with van der Waals surface area (Å²) in [6, 6.07) is 18.4. The van der Waals surface area contributed by atoms with Gasteiger partial charge in [-0.25, -0.2) is 9.97 Å². The number of benzene rings is 2. The molecule has 0 amide bonds. The third-order valence-electron chi connectivity index (χ3n) is 5.74. The molecule has 0 saturated carbocycles. The van der Waals surface area contributed by atoms with E-state index in [2.05, 4.69) is 52.6 Å². The van der Waals surface area contributed by atoms with Crippen molar-refractivity contribution in [3.8, 4) is 11.1 Å². The second kappa shape index (κ2) is 9.55. The minimum Gasteiger partial charge on any atom is -0.379 e. The van der Waals surface area contributed by atoms with Gasteiger partial charge in [0.25, 0.3) is 0 Å². The van der Waals surface area contributed by atoms with Gasteiger partial charge in [-0.2, -0.15) is 0 Å². The van der Waals surface area contributed by atoms with Crippen molar-refractivity contribution in [1.82, 2.24) is 14.9 Å². The largest absolute Gasteiger partial charge is 0.379 e. The summed E-state index contributed by atoms with van der Waals surface area (Å²) in [6.45, 7) is 4.74. The molecule has 1 fully saturated rings. The zero-order chi connectivity index (χ0) is 21.9. The molecule has 164 valence electrons. The Morgan fingerprint density at radius 2 is 1.78 bits per heavy atom. The Morgan fingerprint density at radius 3 is 2.56 bits per heavy atom. The average Bonchev–Trinajstić information content (AvgIpc) is 3.25. The quantitative estimate of drug-likeness (QED) is 0.378. The van der Waals surface area contributed by atoms with E-state index in [0.29, 0.717) is 6.54 Å². The van der Waals surface area contributed by atoms with Crippen LogP contribution in [0.25, 0.3) is 21.3 Å². The number of halogens is 1. The van der Waals surface area contributed by atoms with Crippen molar-refractivity contribution in [1.29, 1.82) is 0 Å². The van der Waals surface area contributed by atoms with E-state index in [0.717, 1.165) is 65.3 Å². The molecule has 5 nitrogen and oxygen atoms in total. The van der Waals surface area contributed by atoms with Gasteiger partial charge in [-0.1, -0.05) is 60.1 Å². The van der Waals surface area contributed by atoms with Crippen LogP contribution in [-0.2, 0) is 17.8 Å². The van der Waals surface area contributed by atoms with E-state index in [1.54, 1.807) is 11.3 Å². The van der Waals surface area contributed by atoms with Crippen molar-refractivity contribution in [2.45, 2.75) is 13.1 Å². The van der Waals surface area contributed by atoms with E-state index in [1.807, 2.05) is 24.3 Å². The van der Waals surface area contributed by atoms with Crippen molar-refractivity contribution >= 4 is 39.0 Å². The molecule has 7 heteroatoms. The number of morpholine rings is 1. The molecule has 1 aliphatic heterocycles. The third kappa shape index (κ3) is 4.50. The fraction of sp³-hybridized carbons (Fsp3) is 0.280. The lowest BCUT2D eigenvalue weighted by atomic mass is 10.1. The van der Waals surface area contributed by atoms with Gasteiger partial charge in [0.15, 0.2) is 0 Å². The van der Waals surface area contributed by atoms with Crippen molar-refractivity contribution < 1.29 is 4.74 Å². The SMILES string of the molecule is CN(Cc1ccccc1Cl)c1nc(CN2CCOCC2)nc2scc(-c3ccccc3)c12. The van der Waals surface area contributed by atoms with Gasteiger partial charge in [-0.05, 0) is 17.2 Å². The molecule has 3 heterocycles. The molecule has 0 N–H and O–H groups in total. The predicted octanol–water partition coefficient (Wildman–Crippen LogP) is 5.48. The van der Waals surface area contributed by atoms with Crippen LogP contribution in [0.3, 0.4) is 0 Å². The highest BCUT2D eigenvalue weighted by Crippen LogP contribution is 2.38. The summed E-state index contributed by atoms with van der Waals surface area (Å²) >= 11 is 8.14. The molecular formula is C25H25ClN4OS. The lowest BCUT2D eigenvalue weighted by Crippen LogP contribution is -2.36.